The molecule has 7 heteroatoms. The summed E-state index contributed by atoms with van der Waals surface area (Å²) in [7, 11) is -0.209. The minimum absolute atomic E-state index is 0.440. The van der Waals surface area contributed by atoms with E-state index in [1.165, 1.54) is 48.0 Å². The van der Waals surface area contributed by atoms with E-state index in [-0.39, 0.29) is 0 Å². The Bertz CT molecular complexity index is 631. The first-order chi connectivity index (χ1) is 15.8. The molecule has 2 fully saturated rings. The van der Waals surface area contributed by atoms with E-state index < -0.39 is 8.32 Å². The molecule has 204 valence electrons. The molecule has 0 saturated heterocycles. The third-order valence-corrected chi connectivity index (χ3v) is 8.66. The first-order valence-corrected chi connectivity index (χ1v) is 21.7. The molecule has 0 aromatic carbocycles. The van der Waals surface area contributed by atoms with E-state index in [0.29, 0.717) is 35.8 Å². The molecule has 0 radical (unpaired) electrons. The fourth-order valence-corrected chi connectivity index (χ4v) is 7.11. The molecule has 0 aromatic rings. The molecule has 34 heavy (non-hydrogen) atoms. The zero-order chi connectivity index (χ0) is 26.1. The summed E-state index contributed by atoms with van der Waals surface area (Å²) in [6, 6.07) is 0.886. The molecule has 2 rings (SSSR count). The number of hydrogen-bond acceptors (Lipinski definition) is 3. The van der Waals surface area contributed by atoms with Crippen LogP contribution in [0.3, 0.4) is 0 Å². The first-order valence-electron chi connectivity index (χ1n) is 13.4. The first kappa shape index (κ1) is 33.0. The van der Waals surface area contributed by atoms with Gasteiger partial charge in [0.25, 0.3) is 0 Å². The summed E-state index contributed by atoms with van der Waals surface area (Å²) >= 11 is 6.00. The molecule has 0 spiro atoms. The molecule has 0 heterocycles. The molecule has 2 aliphatic carbocycles. The van der Waals surface area contributed by atoms with E-state index in [4.69, 9.17) is 14.4 Å². The van der Waals surface area contributed by atoms with Gasteiger partial charge in [0.05, 0.1) is 23.5 Å². The normalized spacial score (nSPS) is 35.6. The van der Waals surface area contributed by atoms with Gasteiger partial charge in [-0.2, -0.15) is 0 Å². The summed E-state index contributed by atoms with van der Waals surface area (Å²) in [6.07, 6.45) is 7.25. The van der Waals surface area contributed by atoms with Gasteiger partial charge in [-0.3, -0.25) is 9.98 Å². The van der Waals surface area contributed by atoms with Crippen LogP contribution in [0.15, 0.2) is 9.98 Å². The van der Waals surface area contributed by atoms with Gasteiger partial charge in [0, 0.05) is 6.61 Å². The standard InChI is InChI=1S/C27H52N2OSi.2BrH.Ni/c1-18-14-20(3)26(21(4)15-18)28-24(7)25(12-11-13-30-31(8,9)10)29-27-22(5)16-19(2)17-23(27)6;;;/h18-23,26-27H,11-17H2,1-10H3;2*1H;/q;;;+2/p-2. The maximum absolute atomic E-state index is 6.15. The fourth-order valence-electron chi connectivity index (χ4n) is 6.35. The van der Waals surface area contributed by atoms with Crippen LogP contribution in [0.4, 0.5) is 0 Å². The van der Waals surface area contributed by atoms with Crippen molar-refractivity contribution in [1.29, 1.82) is 0 Å². The molecule has 3 nitrogen and oxygen atoms in total. The zero-order valence-corrected chi connectivity index (χ0v) is 28.6. The van der Waals surface area contributed by atoms with Gasteiger partial charge >= 0.3 is 39.3 Å². The van der Waals surface area contributed by atoms with Gasteiger partial charge in [-0.15, -0.1) is 0 Å². The quantitative estimate of drug-likeness (QED) is 0.144. The SMILES string of the molecule is CC(=NC1C(C)CC(C)CC1C)C(CCCO[Si](C)(C)C)=NC1C(C)CC(C)CC1C.[Br][Ni][Br]. The molecule has 0 aliphatic heterocycles. The Hall–Kier alpha value is 0.970. The number of hydrogen-bond donors (Lipinski definition) is 0. The number of aliphatic imine (C=N–C) groups is 2. The van der Waals surface area contributed by atoms with E-state index in [9.17, 15) is 0 Å². The fraction of sp³-hybridized carbons (Fsp3) is 0.926. The molecule has 0 N–H and O–H groups in total. The predicted molar refractivity (Wildman–Crippen MR) is 158 cm³/mol. The van der Waals surface area contributed by atoms with Crippen molar-refractivity contribution in [1.82, 2.24) is 0 Å². The van der Waals surface area contributed by atoms with Gasteiger partial charge in [0.1, 0.15) is 0 Å². The van der Waals surface area contributed by atoms with Crippen LogP contribution < -0.4 is 0 Å². The molecule has 2 saturated carbocycles. The van der Waals surface area contributed by atoms with Crippen molar-refractivity contribution in [3.05, 3.63) is 0 Å². The summed E-state index contributed by atoms with van der Waals surface area (Å²) in [5.74, 6) is 4.30. The molecule has 0 amide bonds. The minimum atomic E-state index is -1.46. The van der Waals surface area contributed by atoms with Gasteiger partial charge in [0.2, 0.25) is 0 Å². The summed E-state index contributed by atoms with van der Waals surface area (Å²) in [5.41, 5.74) is 2.46. The van der Waals surface area contributed by atoms with Gasteiger partial charge < -0.3 is 4.43 Å². The number of nitrogens with zero attached hydrogens (tertiary/aromatic N) is 2. The molecular formula is C27H52Br2N2NiOSi. The van der Waals surface area contributed by atoms with Gasteiger partial charge in [-0.1, -0.05) is 41.5 Å². The van der Waals surface area contributed by atoms with Crippen molar-refractivity contribution in [3.8, 4) is 0 Å². The van der Waals surface area contributed by atoms with Crippen LogP contribution >= 0.6 is 28.5 Å². The Kier molecular flexibility index (Phi) is 15.6. The maximum atomic E-state index is 6.15. The topological polar surface area (TPSA) is 34.0 Å². The second-order valence-electron chi connectivity index (χ2n) is 12.4. The molecule has 0 bridgehead atoms. The van der Waals surface area contributed by atoms with Crippen molar-refractivity contribution in [2.24, 2.45) is 45.5 Å². The van der Waals surface area contributed by atoms with Crippen LogP contribution in [0.1, 0.15) is 87.0 Å². The van der Waals surface area contributed by atoms with Crippen molar-refractivity contribution in [2.75, 3.05) is 6.61 Å². The van der Waals surface area contributed by atoms with E-state index >= 15 is 0 Å². The summed E-state index contributed by atoms with van der Waals surface area (Å²) in [4.78, 5) is 10.8. The van der Waals surface area contributed by atoms with Crippen LogP contribution in [0.25, 0.3) is 0 Å². The Labute approximate surface area is 233 Å². The van der Waals surface area contributed by atoms with E-state index in [2.05, 4.69) is 96.6 Å². The molecule has 2 aliphatic rings. The molecular weight excluding hydrogens is 615 g/mol. The average Bonchev–Trinajstić information content (AvgIpc) is 2.68. The van der Waals surface area contributed by atoms with Gasteiger partial charge in [0.15, 0.2) is 8.32 Å². The van der Waals surface area contributed by atoms with Crippen LogP contribution in [0.5, 0.6) is 0 Å². The van der Waals surface area contributed by atoms with E-state index in [1.54, 1.807) is 0 Å². The molecule has 4 unspecified atom stereocenters. The van der Waals surface area contributed by atoms with E-state index in [0.717, 1.165) is 31.3 Å². The van der Waals surface area contributed by atoms with Gasteiger partial charge in [-0.25, -0.2) is 0 Å². The zero-order valence-electron chi connectivity index (χ0n) is 23.4. The average molecular weight is 667 g/mol. The molecule has 0 aromatic heterocycles. The molecule has 4 atom stereocenters. The summed E-state index contributed by atoms with van der Waals surface area (Å²) in [6.45, 7) is 24.3. The van der Waals surface area contributed by atoms with Crippen molar-refractivity contribution >= 4 is 48.2 Å². The predicted octanol–water partition coefficient (Wildman–Crippen LogP) is 9.35. The Morgan fingerprint density at radius 2 is 1.18 bits per heavy atom. The summed E-state index contributed by atoms with van der Waals surface area (Å²) in [5, 5.41) is 0. The second kappa shape index (κ2) is 16.0. The monoisotopic (exact) mass is 664 g/mol. The number of rotatable bonds is 8. The van der Waals surface area contributed by atoms with Gasteiger partial charge in [-0.05, 0) is 101 Å². The van der Waals surface area contributed by atoms with E-state index in [1.807, 2.05) is 0 Å². The van der Waals surface area contributed by atoms with Crippen molar-refractivity contribution < 1.29 is 15.3 Å². The number of halogens is 2. The Morgan fingerprint density at radius 3 is 1.56 bits per heavy atom. The summed E-state index contributed by atoms with van der Waals surface area (Å²) < 4.78 is 6.15. The Balaban J connectivity index is 0.00000182. The van der Waals surface area contributed by atoms with Crippen LogP contribution in [0.2, 0.25) is 19.6 Å². The third kappa shape index (κ3) is 12.0. The van der Waals surface area contributed by atoms with Crippen LogP contribution in [0, 0.1) is 35.5 Å². The van der Waals surface area contributed by atoms with Crippen LogP contribution in [-0.4, -0.2) is 38.4 Å². The van der Waals surface area contributed by atoms with Crippen molar-refractivity contribution in [3.63, 3.8) is 0 Å². The Morgan fingerprint density at radius 1 is 0.794 bits per heavy atom. The third-order valence-electron chi connectivity index (χ3n) is 7.59. The van der Waals surface area contributed by atoms with Crippen LogP contribution in [-0.2, 0) is 15.3 Å². The second-order valence-corrected chi connectivity index (χ2v) is 21.9. The van der Waals surface area contributed by atoms with Crippen molar-refractivity contribution in [2.45, 2.75) is 119 Å².